The molecule has 0 heterocycles. The Bertz CT molecular complexity index is 553. The average molecular weight is 351 g/mol. The molecule has 0 spiro atoms. The van der Waals surface area contributed by atoms with E-state index < -0.39 is 0 Å². The van der Waals surface area contributed by atoms with E-state index in [1.807, 2.05) is 25.1 Å². The minimum absolute atomic E-state index is 0.0585. The highest BCUT2D eigenvalue weighted by Crippen LogP contribution is 2.28. The Morgan fingerprint density at radius 3 is 2.40 bits per heavy atom. The first-order valence-electron chi connectivity index (χ1n) is 8.62. The van der Waals surface area contributed by atoms with Gasteiger partial charge in [-0.25, -0.2) is 0 Å². The van der Waals surface area contributed by atoms with Gasteiger partial charge in [0.25, 0.3) is 0 Å². The van der Waals surface area contributed by atoms with Crippen LogP contribution in [0.5, 0.6) is 11.5 Å². The van der Waals surface area contributed by atoms with E-state index in [4.69, 9.17) is 14.2 Å². The highest BCUT2D eigenvalue weighted by Gasteiger charge is 2.24. The summed E-state index contributed by atoms with van der Waals surface area (Å²) >= 11 is 0. The van der Waals surface area contributed by atoms with Crippen molar-refractivity contribution in [2.45, 2.75) is 40.3 Å². The van der Waals surface area contributed by atoms with Crippen molar-refractivity contribution in [3.63, 3.8) is 0 Å². The number of guanidine groups is 1. The lowest BCUT2D eigenvalue weighted by Crippen LogP contribution is -2.45. The van der Waals surface area contributed by atoms with E-state index in [0.29, 0.717) is 19.7 Å². The lowest BCUT2D eigenvalue weighted by atomic mass is 9.89. The third-order valence-corrected chi connectivity index (χ3v) is 3.92. The molecule has 142 valence electrons. The normalized spacial score (nSPS) is 13.3. The summed E-state index contributed by atoms with van der Waals surface area (Å²) in [5, 5.41) is 6.63. The van der Waals surface area contributed by atoms with Crippen molar-refractivity contribution in [1.29, 1.82) is 0 Å². The van der Waals surface area contributed by atoms with Crippen LogP contribution in [0.15, 0.2) is 23.2 Å². The molecule has 0 radical (unpaired) electrons. The van der Waals surface area contributed by atoms with Crippen LogP contribution in [0.2, 0.25) is 0 Å². The number of rotatable bonds is 8. The number of hydrogen-bond donors (Lipinski definition) is 2. The first kappa shape index (κ1) is 21.1. The number of nitrogens with zero attached hydrogens (tertiary/aromatic N) is 1. The van der Waals surface area contributed by atoms with E-state index in [9.17, 15) is 0 Å². The van der Waals surface area contributed by atoms with Gasteiger partial charge in [0.05, 0.1) is 19.8 Å². The largest absolute Gasteiger partial charge is 0.493 e. The van der Waals surface area contributed by atoms with Crippen LogP contribution in [0.3, 0.4) is 0 Å². The van der Waals surface area contributed by atoms with Gasteiger partial charge in [-0.15, -0.1) is 0 Å². The molecule has 6 heteroatoms. The van der Waals surface area contributed by atoms with Crippen LogP contribution in [-0.4, -0.2) is 46.5 Å². The minimum atomic E-state index is 0.0585. The second-order valence-electron chi connectivity index (χ2n) is 6.82. The number of methoxy groups -OCH3 is 2. The maximum Gasteiger partial charge on any atom is 0.191 e. The molecule has 25 heavy (non-hydrogen) atoms. The Morgan fingerprint density at radius 1 is 1.16 bits per heavy atom. The molecule has 0 aliphatic heterocycles. The lowest BCUT2D eigenvalue weighted by Gasteiger charge is -2.30. The summed E-state index contributed by atoms with van der Waals surface area (Å²) in [4.78, 5) is 4.27. The van der Waals surface area contributed by atoms with Crippen molar-refractivity contribution >= 4 is 5.96 Å². The smallest absolute Gasteiger partial charge is 0.191 e. The zero-order chi connectivity index (χ0) is 18.9. The predicted octanol–water partition coefficient (Wildman–Crippen LogP) is 2.82. The molecule has 1 aromatic rings. The van der Waals surface area contributed by atoms with Gasteiger partial charge in [0.2, 0.25) is 0 Å². The average Bonchev–Trinajstić information content (AvgIpc) is 2.57. The summed E-state index contributed by atoms with van der Waals surface area (Å²) in [6.07, 6.45) is 0.0941. The Morgan fingerprint density at radius 2 is 1.88 bits per heavy atom. The van der Waals surface area contributed by atoms with Crippen LogP contribution in [0.25, 0.3) is 0 Å². The quantitative estimate of drug-likeness (QED) is 0.557. The summed E-state index contributed by atoms with van der Waals surface area (Å²) in [7, 11) is 5.14. The van der Waals surface area contributed by atoms with Gasteiger partial charge in [-0.2, -0.15) is 0 Å². The zero-order valence-electron chi connectivity index (χ0n) is 16.6. The predicted molar refractivity (Wildman–Crippen MR) is 103 cm³/mol. The second-order valence-corrected chi connectivity index (χ2v) is 6.82. The number of ether oxygens (including phenoxy) is 3. The Kier molecular flexibility index (Phi) is 8.55. The van der Waals surface area contributed by atoms with Crippen LogP contribution < -0.4 is 20.1 Å². The highest BCUT2D eigenvalue weighted by atomic mass is 16.5. The van der Waals surface area contributed by atoms with Crippen molar-refractivity contribution in [2.24, 2.45) is 10.4 Å². The van der Waals surface area contributed by atoms with Crippen molar-refractivity contribution in [2.75, 3.05) is 34.4 Å². The second kappa shape index (κ2) is 10.1. The molecule has 1 rings (SSSR count). The lowest BCUT2D eigenvalue weighted by molar-refractivity contribution is 0.0205. The SMILES string of the molecule is CCOc1cc(CNC(=NC)NCC(OC)C(C)(C)C)ccc1OC. The molecule has 6 nitrogen and oxygen atoms in total. The van der Waals surface area contributed by atoms with Gasteiger partial charge in [0.15, 0.2) is 17.5 Å². The highest BCUT2D eigenvalue weighted by molar-refractivity contribution is 5.79. The topological polar surface area (TPSA) is 64.1 Å². The van der Waals surface area contributed by atoms with Gasteiger partial charge in [-0.05, 0) is 30.0 Å². The fourth-order valence-corrected chi connectivity index (χ4v) is 2.44. The Hall–Kier alpha value is -1.95. The van der Waals surface area contributed by atoms with E-state index in [1.165, 1.54) is 0 Å². The number of nitrogens with one attached hydrogen (secondary N) is 2. The number of hydrogen-bond acceptors (Lipinski definition) is 4. The Balaban J connectivity index is 2.64. The van der Waals surface area contributed by atoms with Gasteiger partial charge in [-0.3, -0.25) is 4.99 Å². The summed E-state index contributed by atoms with van der Waals surface area (Å²) in [6.45, 7) is 10.4. The van der Waals surface area contributed by atoms with Crippen molar-refractivity contribution in [1.82, 2.24) is 10.6 Å². The molecule has 0 bridgehead atoms. The first-order valence-corrected chi connectivity index (χ1v) is 8.62. The summed E-state index contributed by atoms with van der Waals surface area (Å²) < 4.78 is 16.5. The van der Waals surface area contributed by atoms with E-state index in [1.54, 1.807) is 21.3 Å². The molecule has 1 unspecified atom stereocenters. The monoisotopic (exact) mass is 351 g/mol. The third-order valence-electron chi connectivity index (χ3n) is 3.92. The summed E-state index contributed by atoms with van der Waals surface area (Å²) in [5.74, 6) is 2.22. The summed E-state index contributed by atoms with van der Waals surface area (Å²) in [5.41, 5.74) is 1.15. The Labute approximate surface area is 152 Å². The molecular weight excluding hydrogens is 318 g/mol. The van der Waals surface area contributed by atoms with Crippen LogP contribution in [0, 0.1) is 5.41 Å². The fourth-order valence-electron chi connectivity index (χ4n) is 2.44. The van der Waals surface area contributed by atoms with Crippen LogP contribution in [0.1, 0.15) is 33.3 Å². The zero-order valence-corrected chi connectivity index (χ0v) is 16.6. The van der Waals surface area contributed by atoms with Gasteiger partial charge in [-0.1, -0.05) is 26.8 Å². The van der Waals surface area contributed by atoms with E-state index >= 15 is 0 Å². The molecule has 0 aliphatic rings. The molecule has 1 atom stereocenters. The van der Waals surface area contributed by atoms with Crippen molar-refractivity contribution in [3.8, 4) is 11.5 Å². The van der Waals surface area contributed by atoms with Crippen LogP contribution in [-0.2, 0) is 11.3 Å². The van der Waals surface area contributed by atoms with Crippen LogP contribution in [0.4, 0.5) is 0 Å². The summed E-state index contributed by atoms with van der Waals surface area (Å²) in [6, 6.07) is 5.91. The molecule has 0 aliphatic carbocycles. The van der Waals surface area contributed by atoms with E-state index in [-0.39, 0.29) is 11.5 Å². The maximum absolute atomic E-state index is 5.62. The fraction of sp³-hybridized carbons (Fsp3) is 0.632. The molecule has 0 aromatic heterocycles. The van der Waals surface area contributed by atoms with E-state index in [0.717, 1.165) is 23.0 Å². The first-order chi connectivity index (χ1) is 11.8. The van der Waals surface area contributed by atoms with Gasteiger partial charge < -0.3 is 24.8 Å². The third kappa shape index (κ3) is 6.82. The standard InChI is InChI=1S/C19H33N3O3/c1-8-25-16-11-14(9-10-15(16)23-6)12-21-18(20-5)22-13-17(24-7)19(2,3)4/h9-11,17H,8,12-13H2,1-7H3,(H2,20,21,22). The molecule has 0 saturated heterocycles. The van der Waals surface area contributed by atoms with E-state index in [2.05, 4.69) is 36.4 Å². The number of aliphatic imine (C=N–C) groups is 1. The molecule has 0 saturated carbocycles. The molecule has 1 aromatic carbocycles. The van der Waals surface area contributed by atoms with Gasteiger partial charge in [0, 0.05) is 27.2 Å². The molecule has 0 amide bonds. The minimum Gasteiger partial charge on any atom is -0.493 e. The number of benzene rings is 1. The maximum atomic E-state index is 5.62. The van der Waals surface area contributed by atoms with Gasteiger partial charge >= 0.3 is 0 Å². The van der Waals surface area contributed by atoms with Crippen molar-refractivity contribution < 1.29 is 14.2 Å². The van der Waals surface area contributed by atoms with Gasteiger partial charge in [0.1, 0.15) is 0 Å². The molecule has 0 fully saturated rings. The van der Waals surface area contributed by atoms with Crippen LogP contribution >= 0.6 is 0 Å². The molecular formula is C19H33N3O3. The van der Waals surface area contributed by atoms with Crippen molar-refractivity contribution in [3.05, 3.63) is 23.8 Å². The molecule has 2 N–H and O–H groups in total.